The maximum Gasteiger partial charge on any atom is 0.316 e. The van der Waals surface area contributed by atoms with Gasteiger partial charge in [0.15, 0.2) is 17.3 Å². The molecule has 1 unspecified atom stereocenters. The number of aliphatic carboxylic acids is 1. The van der Waals surface area contributed by atoms with Crippen LogP contribution in [0.25, 0.3) is 0 Å². The summed E-state index contributed by atoms with van der Waals surface area (Å²) in [7, 11) is 1.43. The van der Waals surface area contributed by atoms with E-state index in [0.29, 0.717) is 42.3 Å². The van der Waals surface area contributed by atoms with Crippen molar-refractivity contribution in [3.05, 3.63) is 58.7 Å². The molecule has 0 bridgehead atoms. The van der Waals surface area contributed by atoms with Crippen LogP contribution in [0.1, 0.15) is 57.7 Å². The molecule has 1 saturated carbocycles. The zero-order valence-electron chi connectivity index (χ0n) is 27.7. The number of carbonyl (C=O) groups is 5. The summed E-state index contributed by atoms with van der Waals surface area (Å²) in [5.41, 5.74) is 2.82. The standard InChI is InChI=1S/C35H36FN7O7/c1-18-5-3-7-22-28(18)43(34(47)32(22)46)14-20-13-40(38-37-20)17-27(44)41-10-4-6-19-12-39(16-26(19)41)30-25(36)11-23-29(33(30)50-2)42(21-8-9-21)15-24(31(23)45)35(48)49/h3,5,7,11,13,19,21,24,26H,4,6,8-10,12,14-17H2,1-2H3,(H,48,49)/t19-,24?,26+/m1/s1. The summed E-state index contributed by atoms with van der Waals surface area (Å²) < 4.78 is 23.3. The van der Waals surface area contributed by atoms with Crippen molar-refractivity contribution in [2.24, 2.45) is 11.8 Å². The van der Waals surface area contributed by atoms with Gasteiger partial charge in [-0.3, -0.25) is 28.9 Å². The van der Waals surface area contributed by atoms with Gasteiger partial charge in [-0.2, -0.15) is 0 Å². The monoisotopic (exact) mass is 685 g/mol. The molecule has 2 amide bonds. The van der Waals surface area contributed by atoms with Crippen LogP contribution in [0.3, 0.4) is 0 Å². The smallest absolute Gasteiger partial charge is 0.316 e. The van der Waals surface area contributed by atoms with Gasteiger partial charge in [0.1, 0.15) is 23.8 Å². The second kappa shape index (κ2) is 11.9. The van der Waals surface area contributed by atoms with Gasteiger partial charge in [-0.1, -0.05) is 17.3 Å². The SMILES string of the molecule is COc1c(N2C[C@H]3CCCN(C(=O)Cn4cc(CN5C(=O)C(=O)c6cccc(C)c65)nn4)[C@H]3C2)c(F)cc2c1N(C1CC1)CC(C(=O)O)C2=O. The number of likely N-dealkylation sites (tertiary alicyclic amines) is 1. The summed E-state index contributed by atoms with van der Waals surface area (Å²) in [6.07, 6.45) is 4.92. The number of aromatic nitrogens is 3. The summed E-state index contributed by atoms with van der Waals surface area (Å²) in [4.78, 5) is 71.2. The number of nitrogens with zero attached hydrogens (tertiary/aromatic N) is 7. The maximum atomic E-state index is 16.1. The van der Waals surface area contributed by atoms with E-state index in [9.17, 15) is 29.1 Å². The normalized spacial score (nSPS) is 22.9. The molecule has 8 rings (SSSR count). The van der Waals surface area contributed by atoms with Crippen LogP contribution in [-0.2, 0) is 27.5 Å². The van der Waals surface area contributed by atoms with Crippen LogP contribution in [0.5, 0.6) is 5.75 Å². The molecule has 15 heteroatoms. The summed E-state index contributed by atoms with van der Waals surface area (Å²) >= 11 is 0. The summed E-state index contributed by atoms with van der Waals surface area (Å²) in [6.45, 7) is 3.15. The quantitative estimate of drug-likeness (QED) is 0.274. The van der Waals surface area contributed by atoms with Crippen LogP contribution >= 0.6 is 0 Å². The highest BCUT2D eigenvalue weighted by molar-refractivity contribution is 6.52. The Bertz CT molecular complexity index is 1980. The highest BCUT2D eigenvalue weighted by atomic mass is 19.1. The van der Waals surface area contributed by atoms with E-state index in [1.165, 1.54) is 16.7 Å². The van der Waals surface area contributed by atoms with Gasteiger partial charge in [0.25, 0.3) is 11.7 Å². The second-order valence-electron chi connectivity index (χ2n) is 13.8. The number of para-hydroxylation sites is 1. The number of methoxy groups -OCH3 is 1. The molecule has 5 heterocycles. The van der Waals surface area contributed by atoms with Crippen LogP contribution < -0.4 is 19.4 Å². The van der Waals surface area contributed by atoms with Crippen molar-refractivity contribution in [1.82, 2.24) is 19.9 Å². The van der Waals surface area contributed by atoms with Crippen molar-refractivity contribution in [3.63, 3.8) is 0 Å². The van der Waals surface area contributed by atoms with Gasteiger partial charge in [0, 0.05) is 37.8 Å². The molecule has 1 N–H and O–H groups in total. The third-order valence-electron chi connectivity index (χ3n) is 10.7. The number of Topliss-reactive ketones (excluding diaryl/α,β-unsaturated/α-hetero) is 2. The highest BCUT2D eigenvalue weighted by Crippen LogP contribution is 2.50. The Morgan fingerprint density at radius 1 is 1.04 bits per heavy atom. The number of ketones is 2. The molecule has 5 aliphatic rings. The lowest BCUT2D eigenvalue weighted by Crippen LogP contribution is -2.49. The average Bonchev–Trinajstić information content (AvgIpc) is 3.61. The Morgan fingerprint density at radius 3 is 2.58 bits per heavy atom. The van der Waals surface area contributed by atoms with Crippen molar-refractivity contribution in [2.45, 2.75) is 57.8 Å². The van der Waals surface area contributed by atoms with E-state index in [0.717, 1.165) is 37.3 Å². The molecule has 1 aromatic heterocycles. The van der Waals surface area contributed by atoms with E-state index in [4.69, 9.17) is 4.74 Å². The van der Waals surface area contributed by atoms with Crippen molar-refractivity contribution in [1.29, 1.82) is 0 Å². The molecule has 3 fully saturated rings. The molecule has 50 heavy (non-hydrogen) atoms. The molecule has 260 valence electrons. The van der Waals surface area contributed by atoms with Crippen LogP contribution in [0, 0.1) is 24.6 Å². The summed E-state index contributed by atoms with van der Waals surface area (Å²) in [6, 6.07) is 6.20. The average molecular weight is 686 g/mol. The van der Waals surface area contributed by atoms with Crippen molar-refractivity contribution < 1.29 is 38.2 Å². The van der Waals surface area contributed by atoms with Gasteiger partial charge in [-0.05, 0) is 56.2 Å². The number of fused-ring (bicyclic) bond motifs is 3. The highest BCUT2D eigenvalue weighted by Gasteiger charge is 2.47. The Morgan fingerprint density at radius 2 is 1.84 bits per heavy atom. The summed E-state index contributed by atoms with van der Waals surface area (Å²) in [5, 5.41) is 18.0. The van der Waals surface area contributed by atoms with Crippen molar-refractivity contribution >= 4 is 46.4 Å². The zero-order chi connectivity index (χ0) is 35.0. The minimum absolute atomic E-state index is 0.00416. The molecule has 0 spiro atoms. The lowest BCUT2D eigenvalue weighted by atomic mass is 9.89. The number of amides is 2. The van der Waals surface area contributed by atoms with E-state index in [2.05, 4.69) is 10.3 Å². The Labute approximate surface area is 286 Å². The van der Waals surface area contributed by atoms with Gasteiger partial charge >= 0.3 is 5.97 Å². The number of hydrogen-bond donors (Lipinski definition) is 1. The second-order valence-corrected chi connectivity index (χ2v) is 13.8. The van der Waals surface area contributed by atoms with Gasteiger partial charge in [-0.15, -0.1) is 5.10 Å². The number of piperidine rings is 1. The Hall–Kier alpha value is -5.34. The van der Waals surface area contributed by atoms with E-state index in [1.807, 2.05) is 27.7 Å². The first kappa shape index (κ1) is 31.9. The predicted octanol–water partition coefficient (Wildman–Crippen LogP) is 2.46. The van der Waals surface area contributed by atoms with Crippen molar-refractivity contribution in [2.75, 3.05) is 48.0 Å². The Kier molecular flexibility index (Phi) is 7.60. The van der Waals surface area contributed by atoms with Gasteiger partial charge in [0.2, 0.25) is 5.91 Å². The number of anilines is 3. The van der Waals surface area contributed by atoms with Crippen LogP contribution in [-0.4, -0.2) is 99.7 Å². The Balaban J connectivity index is 1.01. The fraction of sp³-hybridized carbons (Fsp3) is 0.457. The van der Waals surface area contributed by atoms with Crippen LogP contribution in [0.4, 0.5) is 21.5 Å². The molecule has 3 aromatic rings. The number of carboxylic acids is 1. The molecule has 4 aliphatic heterocycles. The fourth-order valence-electron chi connectivity index (χ4n) is 8.28. The summed E-state index contributed by atoms with van der Waals surface area (Å²) in [5.74, 6) is -4.89. The third kappa shape index (κ3) is 5.09. The molecule has 1 aliphatic carbocycles. The molecule has 2 aromatic carbocycles. The molecule has 14 nitrogen and oxygen atoms in total. The van der Waals surface area contributed by atoms with Gasteiger partial charge in [0.05, 0.1) is 42.8 Å². The minimum atomic E-state index is -1.28. The zero-order valence-corrected chi connectivity index (χ0v) is 27.7. The molecule has 3 atom stereocenters. The number of aryl methyl sites for hydroxylation is 1. The van der Waals surface area contributed by atoms with Crippen LogP contribution in [0.2, 0.25) is 0 Å². The number of hydrogen-bond acceptors (Lipinski definition) is 10. The number of carbonyl (C=O) groups excluding carboxylic acids is 4. The maximum absolute atomic E-state index is 16.1. The fourth-order valence-corrected chi connectivity index (χ4v) is 8.28. The van der Waals surface area contributed by atoms with E-state index < -0.39 is 35.2 Å². The lowest BCUT2D eigenvalue weighted by Gasteiger charge is -2.37. The van der Waals surface area contributed by atoms with E-state index in [1.54, 1.807) is 18.3 Å². The number of benzene rings is 2. The largest absolute Gasteiger partial charge is 0.492 e. The van der Waals surface area contributed by atoms with Gasteiger partial charge < -0.3 is 24.5 Å². The predicted molar refractivity (Wildman–Crippen MR) is 176 cm³/mol. The first-order valence-corrected chi connectivity index (χ1v) is 16.9. The molecular weight excluding hydrogens is 649 g/mol. The molecule has 2 saturated heterocycles. The van der Waals surface area contributed by atoms with Gasteiger partial charge in [-0.25, -0.2) is 9.07 Å². The first-order valence-electron chi connectivity index (χ1n) is 16.9. The van der Waals surface area contributed by atoms with Crippen molar-refractivity contribution in [3.8, 4) is 5.75 Å². The van der Waals surface area contributed by atoms with E-state index in [-0.39, 0.29) is 60.5 Å². The molecular formula is C35H36FN7O7. The first-order chi connectivity index (χ1) is 24.0. The van der Waals surface area contributed by atoms with Crippen LogP contribution in [0.15, 0.2) is 30.5 Å². The lowest BCUT2D eigenvalue weighted by molar-refractivity contribution is -0.140. The molecule has 0 radical (unpaired) electrons. The number of carboxylic acid groups (broad SMARTS) is 1. The number of ether oxygens (including phenoxy) is 1. The topological polar surface area (TPSA) is 158 Å². The number of halogens is 1. The van der Waals surface area contributed by atoms with E-state index >= 15 is 4.39 Å². The third-order valence-corrected chi connectivity index (χ3v) is 10.7. The minimum Gasteiger partial charge on any atom is -0.492 e. The number of rotatable bonds is 8.